The summed E-state index contributed by atoms with van der Waals surface area (Å²) in [6.45, 7) is 6.39. The van der Waals surface area contributed by atoms with Crippen LogP contribution in [0.5, 0.6) is 0 Å². The number of nitrogens with one attached hydrogen (secondary N) is 2. The number of likely N-dealkylation sites (tertiary alicyclic amines) is 1. The van der Waals surface area contributed by atoms with E-state index in [9.17, 15) is 4.79 Å². The molecule has 2 N–H and O–H groups in total. The number of pyridine rings is 1. The normalized spacial score (nSPS) is 17.4. The summed E-state index contributed by atoms with van der Waals surface area (Å²) in [5.41, 5.74) is 2.50. The Balaban J connectivity index is 0.00000288. The van der Waals surface area contributed by atoms with Crippen molar-refractivity contribution in [1.29, 1.82) is 0 Å². The zero-order chi connectivity index (χ0) is 16.7. The number of aliphatic imine (C=N–C) groups is 1. The molecule has 0 aromatic carbocycles. The fourth-order valence-corrected chi connectivity index (χ4v) is 2.81. The van der Waals surface area contributed by atoms with Gasteiger partial charge in [-0.05, 0) is 37.0 Å². The molecule has 6 nitrogen and oxygen atoms in total. The molecule has 0 bridgehead atoms. The van der Waals surface area contributed by atoms with Gasteiger partial charge in [0, 0.05) is 51.5 Å². The van der Waals surface area contributed by atoms with Crippen LogP contribution in [-0.2, 0) is 11.2 Å². The molecule has 1 unspecified atom stereocenters. The Labute approximate surface area is 161 Å². The van der Waals surface area contributed by atoms with Gasteiger partial charge in [0.2, 0.25) is 5.91 Å². The van der Waals surface area contributed by atoms with Crippen LogP contribution < -0.4 is 10.6 Å². The maximum absolute atomic E-state index is 11.7. The van der Waals surface area contributed by atoms with Crippen molar-refractivity contribution in [1.82, 2.24) is 20.5 Å². The number of carbonyl (C=O) groups is 1. The third-order valence-corrected chi connectivity index (χ3v) is 4.23. The monoisotopic (exact) mass is 445 g/mol. The molecule has 1 fully saturated rings. The van der Waals surface area contributed by atoms with E-state index in [2.05, 4.69) is 33.6 Å². The minimum absolute atomic E-state index is 0. The van der Waals surface area contributed by atoms with Gasteiger partial charge in [-0.1, -0.05) is 6.92 Å². The fraction of sp³-hybridized carbons (Fsp3) is 0.588. The molecule has 0 saturated carbocycles. The zero-order valence-corrected chi connectivity index (χ0v) is 17.0. The van der Waals surface area contributed by atoms with E-state index in [4.69, 9.17) is 0 Å². The van der Waals surface area contributed by atoms with E-state index in [1.165, 1.54) is 11.1 Å². The topological polar surface area (TPSA) is 69.6 Å². The summed E-state index contributed by atoms with van der Waals surface area (Å²) in [5.74, 6) is 1.03. The average Bonchev–Trinajstić information content (AvgIpc) is 3.03. The van der Waals surface area contributed by atoms with E-state index in [0.29, 0.717) is 6.42 Å². The summed E-state index contributed by atoms with van der Waals surface area (Å²) in [7, 11) is 1.77. The van der Waals surface area contributed by atoms with Crippen molar-refractivity contribution < 1.29 is 4.79 Å². The van der Waals surface area contributed by atoms with Crippen LogP contribution in [0.4, 0.5) is 0 Å². The van der Waals surface area contributed by atoms with Gasteiger partial charge in [-0.3, -0.25) is 14.8 Å². The van der Waals surface area contributed by atoms with E-state index >= 15 is 0 Å². The summed E-state index contributed by atoms with van der Waals surface area (Å²) in [5, 5.41) is 6.75. The highest BCUT2D eigenvalue weighted by Crippen LogP contribution is 2.10. The maximum atomic E-state index is 11.7. The van der Waals surface area contributed by atoms with Gasteiger partial charge in [0.25, 0.3) is 0 Å². The molecule has 1 amide bonds. The quantitative estimate of drug-likeness (QED) is 0.412. The molecule has 1 aromatic rings. The van der Waals surface area contributed by atoms with Crippen molar-refractivity contribution >= 4 is 35.8 Å². The standard InChI is InChI=1S/C17H27N5O.HI/c1-4-16(23)22-10-7-15(12-22)21-17(18-3)20-9-6-14-5-8-19-11-13(14)2;/h5,8,11,15H,4,6-7,9-10,12H2,1-3H3,(H2,18,20,21);1H. The first-order valence-corrected chi connectivity index (χ1v) is 8.28. The number of guanidine groups is 1. The second-order valence-electron chi connectivity index (χ2n) is 5.87. The van der Waals surface area contributed by atoms with Crippen LogP contribution in [0.15, 0.2) is 23.5 Å². The Bertz CT molecular complexity index is 564. The van der Waals surface area contributed by atoms with Crippen LogP contribution in [0.25, 0.3) is 0 Å². The van der Waals surface area contributed by atoms with Gasteiger partial charge in [0.15, 0.2) is 5.96 Å². The van der Waals surface area contributed by atoms with Gasteiger partial charge in [0.1, 0.15) is 0 Å². The van der Waals surface area contributed by atoms with Crippen molar-refractivity contribution in [2.24, 2.45) is 4.99 Å². The third kappa shape index (κ3) is 5.92. The number of rotatable bonds is 5. The number of aromatic nitrogens is 1. The van der Waals surface area contributed by atoms with Crippen LogP contribution in [-0.4, -0.2) is 54.5 Å². The molecular formula is C17H28IN5O. The lowest BCUT2D eigenvalue weighted by molar-refractivity contribution is -0.129. The first-order valence-electron chi connectivity index (χ1n) is 8.28. The van der Waals surface area contributed by atoms with Crippen LogP contribution in [0.1, 0.15) is 30.9 Å². The van der Waals surface area contributed by atoms with Crippen LogP contribution in [0.2, 0.25) is 0 Å². The fourth-order valence-electron chi connectivity index (χ4n) is 2.81. The molecule has 1 aliphatic rings. The van der Waals surface area contributed by atoms with Gasteiger partial charge in [0.05, 0.1) is 0 Å². The van der Waals surface area contributed by atoms with E-state index in [1.807, 2.05) is 24.2 Å². The molecule has 0 spiro atoms. The van der Waals surface area contributed by atoms with Crippen molar-refractivity contribution in [2.45, 2.75) is 39.2 Å². The molecule has 1 aromatic heterocycles. The van der Waals surface area contributed by atoms with Crippen LogP contribution >= 0.6 is 24.0 Å². The molecule has 1 saturated heterocycles. The first-order chi connectivity index (χ1) is 11.1. The first kappa shape index (κ1) is 20.7. The third-order valence-electron chi connectivity index (χ3n) is 4.23. The Kier molecular flexibility index (Phi) is 9.02. The number of halogens is 1. The molecule has 24 heavy (non-hydrogen) atoms. The molecule has 0 radical (unpaired) electrons. The van der Waals surface area contributed by atoms with E-state index in [-0.39, 0.29) is 35.9 Å². The highest BCUT2D eigenvalue weighted by molar-refractivity contribution is 14.0. The largest absolute Gasteiger partial charge is 0.356 e. The van der Waals surface area contributed by atoms with Gasteiger partial charge in [-0.2, -0.15) is 0 Å². The maximum Gasteiger partial charge on any atom is 0.222 e. The second kappa shape index (κ2) is 10.5. The summed E-state index contributed by atoms with van der Waals surface area (Å²) >= 11 is 0. The number of hydrogen-bond donors (Lipinski definition) is 2. The van der Waals surface area contributed by atoms with Crippen molar-refractivity contribution in [2.75, 3.05) is 26.7 Å². The van der Waals surface area contributed by atoms with Gasteiger partial charge in [-0.25, -0.2) is 0 Å². The molecule has 0 aliphatic carbocycles. The smallest absolute Gasteiger partial charge is 0.222 e. The Morgan fingerprint density at radius 2 is 2.29 bits per heavy atom. The van der Waals surface area contributed by atoms with Crippen LogP contribution in [0.3, 0.4) is 0 Å². The van der Waals surface area contributed by atoms with Crippen molar-refractivity contribution in [3.05, 3.63) is 29.6 Å². The van der Waals surface area contributed by atoms with E-state index in [0.717, 1.165) is 38.4 Å². The Morgan fingerprint density at radius 3 is 2.96 bits per heavy atom. The van der Waals surface area contributed by atoms with Gasteiger partial charge in [-0.15, -0.1) is 24.0 Å². The number of nitrogens with zero attached hydrogens (tertiary/aromatic N) is 3. The number of aryl methyl sites for hydroxylation is 1. The highest BCUT2D eigenvalue weighted by atomic mass is 127. The van der Waals surface area contributed by atoms with Crippen molar-refractivity contribution in [3.8, 4) is 0 Å². The molecule has 7 heteroatoms. The minimum Gasteiger partial charge on any atom is -0.356 e. The summed E-state index contributed by atoms with van der Waals surface area (Å²) in [6, 6.07) is 2.33. The summed E-state index contributed by atoms with van der Waals surface area (Å²) in [6.07, 6.45) is 6.19. The number of amides is 1. The lowest BCUT2D eigenvalue weighted by atomic mass is 10.1. The molecule has 1 atom stereocenters. The van der Waals surface area contributed by atoms with Crippen molar-refractivity contribution in [3.63, 3.8) is 0 Å². The molecular weight excluding hydrogens is 417 g/mol. The summed E-state index contributed by atoms with van der Waals surface area (Å²) in [4.78, 5) is 22.0. The predicted octanol–water partition coefficient (Wildman–Crippen LogP) is 1.73. The molecule has 2 rings (SSSR count). The summed E-state index contributed by atoms with van der Waals surface area (Å²) < 4.78 is 0. The predicted molar refractivity (Wildman–Crippen MR) is 108 cm³/mol. The number of carbonyl (C=O) groups excluding carboxylic acids is 1. The minimum atomic E-state index is 0. The van der Waals surface area contributed by atoms with E-state index in [1.54, 1.807) is 7.05 Å². The lowest BCUT2D eigenvalue weighted by Crippen LogP contribution is -2.45. The SMILES string of the molecule is CCC(=O)N1CCC(NC(=NC)NCCc2ccncc2C)C1.I. The molecule has 1 aliphatic heterocycles. The lowest BCUT2D eigenvalue weighted by Gasteiger charge is -2.18. The highest BCUT2D eigenvalue weighted by Gasteiger charge is 2.25. The zero-order valence-electron chi connectivity index (χ0n) is 14.7. The molecule has 2 heterocycles. The molecule has 134 valence electrons. The van der Waals surface area contributed by atoms with Crippen LogP contribution in [0, 0.1) is 6.92 Å². The second-order valence-corrected chi connectivity index (χ2v) is 5.87. The van der Waals surface area contributed by atoms with Gasteiger partial charge >= 0.3 is 0 Å². The van der Waals surface area contributed by atoms with Gasteiger partial charge < -0.3 is 15.5 Å². The Hall–Kier alpha value is -1.38. The van der Waals surface area contributed by atoms with E-state index < -0.39 is 0 Å². The Morgan fingerprint density at radius 1 is 1.50 bits per heavy atom. The number of hydrogen-bond acceptors (Lipinski definition) is 3. The average molecular weight is 445 g/mol.